The van der Waals surface area contributed by atoms with Gasteiger partial charge in [0.1, 0.15) is 5.76 Å². The minimum Gasteiger partial charge on any atom is -0.509 e. The lowest BCUT2D eigenvalue weighted by Gasteiger charge is -2.35. The van der Waals surface area contributed by atoms with Gasteiger partial charge in [-0.15, -0.1) is 0 Å². The number of benzene rings is 2. The molecule has 29 heavy (non-hydrogen) atoms. The van der Waals surface area contributed by atoms with Crippen molar-refractivity contribution >= 4 is 0 Å². The molecule has 0 aromatic heterocycles. The molecule has 1 aliphatic carbocycles. The molecule has 2 aromatic rings. The van der Waals surface area contributed by atoms with Gasteiger partial charge in [0, 0.05) is 0 Å². The van der Waals surface area contributed by atoms with Crippen molar-refractivity contribution in [2.45, 2.75) is 25.7 Å². The molecule has 0 bridgehead atoms. The number of hydrogen-bond donors (Lipinski definition) is 1. The molecule has 0 heterocycles. The lowest BCUT2D eigenvalue weighted by molar-refractivity contribution is 0.435. The Bertz CT molecular complexity index is 998. The zero-order valence-electron chi connectivity index (χ0n) is 17.2. The summed E-state index contributed by atoms with van der Waals surface area (Å²) in [7, 11) is 0. The van der Waals surface area contributed by atoms with E-state index in [9.17, 15) is 5.11 Å². The number of rotatable bonds is 7. The summed E-state index contributed by atoms with van der Waals surface area (Å²) in [5, 5.41) is 9.74. The van der Waals surface area contributed by atoms with Gasteiger partial charge in [-0.1, -0.05) is 105 Å². The standard InChI is InChI=1S/C28H28O/c1-5-8-14-23(13-6-2)28(22(7-3)20-19-21(4)29)26-17-11-9-15-24(26)25-16-10-12-18-27(25)28/h6-20,29H,2,4-5H2,1,3H3/b14-8-,20-19-,22-7+,23-13+. The molecule has 0 amide bonds. The van der Waals surface area contributed by atoms with Crippen molar-refractivity contribution < 1.29 is 5.11 Å². The third-order valence-electron chi connectivity index (χ3n) is 5.42. The highest BCUT2D eigenvalue weighted by Gasteiger charge is 2.46. The predicted octanol–water partition coefficient (Wildman–Crippen LogP) is 7.61. The number of fused-ring (bicyclic) bond motifs is 3. The molecular weight excluding hydrogens is 352 g/mol. The second-order valence-corrected chi connectivity index (χ2v) is 7.08. The van der Waals surface area contributed by atoms with Gasteiger partial charge in [0.15, 0.2) is 0 Å². The maximum Gasteiger partial charge on any atom is 0.108 e. The molecule has 1 heteroatoms. The van der Waals surface area contributed by atoms with Gasteiger partial charge in [0.25, 0.3) is 0 Å². The van der Waals surface area contributed by atoms with Gasteiger partial charge in [-0.25, -0.2) is 0 Å². The Labute approximate surface area is 174 Å². The Kier molecular flexibility index (Phi) is 6.19. The average molecular weight is 381 g/mol. The average Bonchev–Trinajstić information content (AvgIpc) is 3.03. The van der Waals surface area contributed by atoms with E-state index in [4.69, 9.17) is 0 Å². The van der Waals surface area contributed by atoms with Crippen LogP contribution in [0.5, 0.6) is 0 Å². The van der Waals surface area contributed by atoms with Crippen molar-refractivity contribution in [2.24, 2.45) is 0 Å². The van der Waals surface area contributed by atoms with E-state index >= 15 is 0 Å². The van der Waals surface area contributed by atoms with Crippen LogP contribution in [-0.4, -0.2) is 5.11 Å². The first-order chi connectivity index (χ1) is 14.1. The van der Waals surface area contributed by atoms with Crippen molar-refractivity contribution in [3.05, 3.63) is 132 Å². The summed E-state index contributed by atoms with van der Waals surface area (Å²) in [6, 6.07) is 17.2. The minimum absolute atomic E-state index is 0.0393. The first-order valence-electron chi connectivity index (χ1n) is 10.0. The van der Waals surface area contributed by atoms with Crippen LogP contribution in [0, 0.1) is 0 Å². The fourth-order valence-corrected chi connectivity index (χ4v) is 4.32. The predicted molar refractivity (Wildman–Crippen MR) is 125 cm³/mol. The molecule has 146 valence electrons. The quantitative estimate of drug-likeness (QED) is 0.387. The maximum atomic E-state index is 9.74. The molecule has 0 aliphatic heterocycles. The summed E-state index contributed by atoms with van der Waals surface area (Å²) in [5.74, 6) is 0.0393. The zero-order chi connectivity index (χ0) is 20.9. The number of aliphatic hydroxyl groups excluding tert-OH is 1. The second kappa shape index (κ2) is 8.79. The van der Waals surface area contributed by atoms with Crippen LogP contribution < -0.4 is 0 Å². The topological polar surface area (TPSA) is 20.2 Å². The molecule has 1 nitrogen and oxygen atoms in total. The molecule has 0 atom stereocenters. The fourth-order valence-electron chi connectivity index (χ4n) is 4.32. The van der Waals surface area contributed by atoms with Crippen LogP contribution in [-0.2, 0) is 5.41 Å². The number of aliphatic hydroxyl groups is 1. The molecule has 3 rings (SSSR count). The van der Waals surface area contributed by atoms with Gasteiger partial charge in [0.2, 0.25) is 0 Å². The van der Waals surface area contributed by atoms with Gasteiger partial charge >= 0.3 is 0 Å². The number of hydrogen-bond acceptors (Lipinski definition) is 1. The summed E-state index contributed by atoms with van der Waals surface area (Å²) in [5.41, 5.74) is 6.67. The van der Waals surface area contributed by atoms with Gasteiger partial charge in [0.05, 0.1) is 5.41 Å². The van der Waals surface area contributed by atoms with E-state index in [1.165, 1.54) is 22.3 Å². The number of allylic oxidation sites excluding steroid dienone is 9. The van der Waals surface area contributed by atoms with Crippen LogP contribution in [0.1, 0.15) is 31.4 Å². The van der Waals surface area contributed by atoms with Crippen LogP contribution in [0.15, 0.2) is 121 Å². The third kappa shape index (κ3) is 3.45. The molecule has 2 aromatic carbocycles. The normalized spacial score (nSPS) is 15.5. The lowest BCUT2D eigenvalue weighted by Crippen LogP contribution is -2.29. The van der Waals surface area contributed by atoms with E-state index < -0.39 is 5.41 Å². The largest absolute Gasteiger partial charge is 0.509 e. The van der Waals surface area contributed by atoms with Crippen molar-refractivity contribution in [3.8, 4) is 11.1 Å². The first kappa shape index (κ1) is 20.4. The highest BCUT2D eigenvalue weighted by Crippen LogP contribution is 2.57. The molecule has 0 fully saturated rings. The monoisotopic (exact) mass is 380 g/mol. The van der Waals surface area contributed by atoms with Crippen LogP contribution in [0.3, 0.4) is 0 Å². The van der Waals surface area contributed by atoms with E-state index in [0.29, 0.717) is 0 Å². The van der Waals surface area contributed by atoms with Crippen LogP contribution in [0.2, 0.25) is 0 Å². The van der Waals surface area contributed by atoms with Crippen LogP contribution in [0.25, 0.3) is 11.1 Å². The highest BCUT2D eigenvalue weighted by molar-refractivity contribution is 5.87. The Morgan fingerprint density at radius 3 is 2.00 bits per heavy atom. The van der Waals surface area contributed by atoms with Crippen LogP contribution in [0.4, 0.5) is 0 Å². The van der Waals surface area contributed by atoms with Gasteiger partial charge in [-0.3, -0.25) is 0 Å². The van der Waals surface area contributed by atoms with E-state index in [-0.39, 0.29) is 5.76 Å². The summed E-state index contributed by atoms with van der Waals surface area (Å²) in [4.78, 5) is 0. The first-order valence-corrected chi connectivity index (χ1v) is 10.0. The van der Waals surface area contributed by atoms with E-state index in [1.807, 2.05) is 19.1 Å². The third-order valence-corrected chi connectivity index (χ3v) is 5.42. The van der Waals surface area contributed by atoms with Crippen molar-refractivity contribution in [3.63, 3.8) is 0 Å². The van der Waals surface area contributed by atoms with Gasteiger partial charge < -0.3 is 5.11 Å². The Balaban J connectivity index is 2.47. The van der Waals surface area contributed by atoms with E-state index in [1.54, 1.807) is 6.08 Å². The maximum absolute atomic E-state index is 9.74. The lowest BCUT2D eigenvalue weighted by atomic mass is 9.66. The zero-order valence-corrected chi connectivity index (χ0v) is 17.2. The van der Waals surface area contributed by atoms with Crippen molar-refractivity contribution in [2.75, 3.05) is 0 Å². The summed E-state index contributed by atoms with van der Waals surface area (Å²) in [6.07, 6.45) is 15.0. The van der Waals surface area contributed by atoms with Crippen molar-refractivity contribution in [1.29, 1.82) is 0 Å². The molecular formula is C28H28O. The fraction of sp³-hybridized carbons (Fsp3) is 0.143. The Morgan fingerprint density at radius 1 is 0.931 bits per heavy atom. The van der Waals surface area contributed by atoms with Gasteiger partial charge in [-0.05, 0) is 52.8 Å². The van der Waals surface area contributed by atoms with E-state index in [0.717, 1.165) is 17.6 Å². The SMILES string of the molecule is C=C/C=C(\C=C/CC)C1(C(/C=C\C(=C)O)=C/C)c2ccccc2-c2ccccc21. The molecule has 0 spiro atoms. The molecule has 1 N–H and O–H groups in total. The molecule has 0 unspecified atom stereocenters. The molecule has 0 saturated heterocycles. The van der Waals surface area contributed by atoms with Gasteiger partial charge in [-0.2, -0.15) is 0 Å². The summed E-state index contributed by atoms with van der Waals surface area (Å²) < 4.78 is 0. The van der Waals surface area contributed by atoms with E-state index in [2.05, 4.69) is 92.9 Å². The van der Waals surface area contributed by atoms with Crippen LogP contribution >= 0.6 is 0 Å². The molecule has 0 radical (unpaired) electrons. The second-order valence-electron chi connectivity index (χ2n) is 7.08. The molecule has 0 saturated carbocycles. The summed E-state index contributed by atoms with van der Waals surface area (Å²) >= 11 is 0. The molecule has 1 aliphatic rings. The van der Waals surface area contributed by atoms with Crippen molar-refractivity contribution in [1.82, 2.24) is 0 Å². The summed E-state index contributed by atoms with van der Waals surface area (Å²) in [6.45, 7) is 11.8. The highest BCUT2D eigenvalue weighted by atomic mass is 16.3. The minimum atomic E-state index is -0.492. The smallest absolute Gasteiger partial charge is 0.108 e. The Morgan fingerprint density at radius 2 is 1.52 bits per heavy atom. The Hall–Kier alpha value is -3.32.